The van der Waals surface area contributed by atoms with Gasteiger partial charge in [0.15, 0.2) is 0 Å². The van der Waals surface area contributed by atoms with Crippen molar-refractivity contribution in [2.45, 2.75) is 78.0 Å². The molecule has 0 unspecified atom stereocenters. The number of aliphatic hydroxyl groups excluding tert-OH is 1. The fraction of sp³-hybridized carbons (Fsp3) is 0.655. The van der Waals surface area contributed by atoms with Gasteiger partial charge in [0.25, 0.3) is 0 Å². The van der Waals surface area contributed by atoms with E-state index in [0.29, 0.717) is 12.3 Å². The number of hydrogen-bond acceptors (Lipinski definition) is 11. The van der Waals surface area contributed by atoms with Crippen LogP contribution in [0.25, 0.3) is 0 Å². The molecule has 0 saturated carbocycles. The van der Waals surface area contributed by atoms with E-state index in [4.69, 9.17) is 10.5 Å². The van der Waals surface area contributed by atoms with Crippen LogP contribution < -0.4 is 27.0 Å². The van der Waals surface area contributed by atoms with Gasteiger partial charge in [-0.25, -0.2) is 4.98 Å². The smallest absolute Gasteiger partial charge is 0.325 e. The lowest BCUT2D eigenvalue weighted by Crippen LogP contribution is -2.60. The molecule has 0 aliphatic heterocycles. The molecule has 10 N–H and O–H groups in total. The van der Waals surface area contributed by atoms with Crippen molar-refractivity contribution in [1.82, 2.24) is 36.1 Å². The normalized spacial score (nSPS) is 14.4. The molecular weight excluding hydrogens is 683 g/mol. The molecule has 1 aromatic rings. The Kier molecular flexibility index (Phi) is 18.5. The number of amides is 7. The third-order valence-corrected chi connectivity index (χ3v) is 8.18. The second kappa shape index (κ2) is 21.1. The minimum absolute atomic E-state index is 0.0408. The highest BCUT2D eigenvalue weighted by atomic mass is 31.2. The molecular formula is C29H49N8O12P. The number of imide groups is 1. The fourth-order valence-electron chi connectivity index (χ4n) is 4.69. The number of rotatable bonds is 22. The molecule has 20 nitrogen and oxygen atoms in total. The largest absolute Gasteiger partial charge is 0.394 e. The molecule has 1 rings (SSSR count). The summed E-state index contributed by atoms with van der Waals surface area (Å²) in [5, 5.41) is 19.4. The first kappa shape index (κ1) is 43.8. The van der Waals surface area contributed by atoms with Crippen LogP contribution in [0.1, 0.15) is 53.2 Å². The number of imidazole rings is 1. The van der Waals surface area contributed by atoms with Crippen LogP contribution in [-0.2, 0) is 49.3 Å². The zero-order valence-electron chi connectivity index (χ0n) is 28.7. The molecule has 0 aromatic carbocycles. The quantitative estimate of drug-likeness (QED) is 0.0425. The number of carbonyl (C=O) groups is 7. The number of hydrogen-bond donors (Lipinski definition) is 9. The van der Waals surface area contributed by atoms with Gasteiger partial charge in [0.2, 0.25) is 41.4 Å². The van der Waals surface area contributed by atoms with Gasteiger partial charge < -0.3 is 51.6 Å². The molecule has 0 saturated heterocycles. The lowest BCUT2D eigenvalue weighted by molar-refractivity contribution is -0.147. The predicted octanol–water partition coefficient (Wildman–Crippen LogP) is -2.97. The Balaban J connectivity index is 3.18. The number of H-pyrrole nitrogens is 1. The van der Waals surface area contributed by atoms with Gasteiger partial charge in [0, 0.05) is 31.8 Å². The van der Waals surface area contributed by atoms with Crippen LogP contribution in [0.5, 0.6) is 0 Å². The van der Waals surface area contributed by atoms with Gasteiger partial charge in [-0.3, -0.25) is 43.0 Å². The maximum atomic E-state index is 13.5. The summed E-state index contributed by atoms with van der Waals surface area (Å²) in [5.74, 6) is -7.47. The first-order chi connectivity index (χ1) is 23.3. The average Bonchev–Trinajstić information content (AvgIpc) is 3.52. The molecule has 0 radical (unpaired) electrons. The number of nitrogens with two attached hydrogens (primary N) is 1. The third kappa shape index (κ3) is 16.0. The van der Waals surface area contributed by atoms with Gasteiger partial charge in [-0.15, -0.1) is 0 Å². The molecule has 1 aromatic heterocycles. The van der Waals surface area contributed by atoms with Gasteiger partial charge >= 0.3 is 7.60 Å². The number of nitrogens with one attached hydrogen (secondary N) is 5. The summed E-state index contributed by atoms with van der Waals surface area (Å²) in [5.41, 5.74) is 5.70. The average molecular weight is 733 g/mol. The second-order valence-corrected chi connectivity index (χ2v) is 13.7. The zero-order valence-corrected chi connectivity index (χ0v) is 29.6. The molecule has 0 aliphatic rings. The number of nitrogens with zero attached hydrogens (tertiary/aromatic N) is 2. The Bertz CT molecular complexity index is 1370. The van der Waals surface area contributed by atoms with E-state index < -0.39 is 98.3 Å². The predicted molar refractivity (Wildman–Crippen MR) is 175 cm³/mol. The van der Waals surface area contributed by atoms with E-state index >= 15 is 0 Å². The zero-order chi connectivity index (χ0) is 38.2. The van der Waals surface area contributed by atoms with Crippen LogP contribution in [0.3, 0.4) is 0 Å². The number of ether oxygens (including phenoxy) is 1. The van der Waals surface area contributed by atoms with Crippen LogP contribution in [0, 0.1) is 11.8 Å². The monoisotopic (exact) mass is 732 g/mol. The SMILES string of the molecule is CCOCCC(=O)N(CC(=O)N[C@@H](CC(C)C)C(=O)N[C@@H](Cc1cnc[nH]1)C(=O)N[C@@H](CO)C(=O)N[C@H](C(N)=O)[C@@H](C)CP(=O)(O)O)C(C)=O. The molecule has 50 heavy (non-hydrogen) atoms. The Labute approximate surface area is 289 Å². The topological polar surface area (TPSA) is 313 Å². The number of aromatic nitrogens is 2. The first-order valence-electron chi connectivity index (χ1n) is 15.8. The minimum atomic E-state index is -4.60. The number of carbonyl (C=O) groups excluding carboxylic acids is 7. The van der Waals surface area contributed by atoms with Crippen molar-refractivity contribution in [3.63, 3.8) is 0 Å². The van der Waals surface area contributed by atoms with Crippen molar-refractivity contribution < 1.29 is 57.8 Å². The third-order valence-electron chi connectivity index (χ3n) is 7.13. The summed E-state index contributed by atoms with van der Waals surface area (Å²) >= 11 is 0. The highest BCUT2D eigenvalue weighted by Crippen LogP contribution is 2.37. The Morgan fingerprint density at radius 3 is 2.08 bits per heavy atom. The molecule has 0 bridgehead atoms. The van der Waals surface area contributed by atoms with Crippen molar-refractivity contribution in [2.75, 3.05) is 32.5 Å². The van der Waals surface area contributed by atoms with Gasteiger partial charge in [-0.1, -0.05) is 20.8 Å². The van der Waals surface area contributed by atoms with Crippen molar-refractivity contribution in [2.24, 2.45) is 17.6 Å². The summed E-state index contributed by atoms with van der Waals surface area (Å²) < 4.78 is 16.6. The van der Waals surface area contributed by atoms with E-state index in [1.807, 2.05) is 0 Å². The van der Waals surface area contributed by atoms with Crippen molar-refractivity contribution >= 4 is 48.9 Å². The Morgan fingerprint density at radius 1 is 0.980 bits per heavy atom. The lowest BCUT2D eigenvalue weighted by atomic mass is 10.0. The number of aliphatic hydroxyl groups is 1. The molecule has 21 heteroatoms. The van der Waals surface area contributed by atoms with Crippen molar-refractivity contribution in [3.8, 4) is 0 Å². The van der Waals surface area contributed by atoms with E-state index in [9.17, 15) is 53.0 Å². The van der Waals surface area contributed by atoms with Crippen LogP contribution in [0.15, 0.2) is 12.5 Å². The van der Waals surface area contributed by atoms with Gasteiger partial charge in [-0.2, -0.15) is 0 Å². The molecule has 0 aliphatic carbocycles. The molecule has 1 heterocycles. The van der Waals surface area contributed by atoms with Crippen LogP contribution in [-0.4, -0.2) is 128 Å². The Morgan fingerprint density at radius 2 is 1.58 bits per heavy atom. The van der Waals surface area contributed by atoms with Crippen molar-refractivity contribution in [1.29, 1.82) is 0 Å². The van der Waals surface area contributed by atoms with E-state index in [1.54, 1.807) is 20.8 Å². The molecule has 7 amide bonds. The fourth-order valence-corrected chi connectivity index (χ4v) is 5.65. The van der Waals surface area contributed by atoms with Gasteiger partial charge in [-0.05, 0) is 25.2 Å². The Hall–Kier alpha value is -4.23. The van der Waals surface area contributed by atoms with Gasteiger partial charge in [0.05, 0.1) is 32.1 Å². The molecule has 5 atom stereocenters. The molecule has 282 valence electrons. The first-order valence-corrected chi connectivity index (χ1v) is 17.6. The van der Waals surface area contributed by atoms with Gasteiger partial charge in [0.1, 0.15) is 30.7 Å². The van der Waals surface area contributed by atoms with E-state index in [1.165, 1.54) is 19.4 Å². The molecule has 0 spiro atoms. The minimum Gasteiger partial charge on any atom is -0.394 e. The molecule has 0 fully saturated rings. The summed E-state index contributed by atoms with van der Waals surface area (Å²) in [7, 11) is -4.60. The highest BCUT2D eigenvalue weighted by molar-refractivity contribution is 7.51. The van der Waals surface area contributed by atoms with E-state index in [-0.39, 0.29) is 31.8 Å². The summed E-state index contributed by atoms with van der Waals surface area (Å²) in [4.78, 5) is 115. The number of aromatic amines is 1. The van der Waals surface area contributed by atoms with E-state index in [2.05, 4.69) is 31.2 Å². The standard InChI is InChI=1S/C29H49N8O12P/c1-6-49-8-7-24(41)37(18(5)39)12-23(40)33-20(9-16(2)3)27(43)34-21(10-19-11-31-15-32-19)28(44)35-22(13-38)29(45)36-25(26(30)42)17(4)14-50(46,47)48/h11,15-17,20-22,25,38H,6-10,12-14H2,1-5H3,(H2,30,42)(H,31,32)(H,33,40)(H,34,43)(H,35,44)(H,36,45)(H2,46,47,48)/t17-,20-,21-,22-,25-/m0/s1. The van der Waals surface area contributed by atoms with Crippen molar-refractivity contribution in [3.05, 3.63) is 18.2 Å². The number of primary amides is 1. The second-order valence-electron chi connectivity index (χ2n) is 12.0. The lowest BCUT2D eigenvalue weighted by Gasteiger charge is -2.27. The summed E-state index contributed by atoms with van der Waals surface area (Å²) in [6, 6.07) is -5.93. The summed E-state index contributed by atoms with van der Waals surface area (Å²) in [6.45, 7) is 6.38. The maximum absolute atomic E-state index is 13.5. The summed E-state index contributed by atoms with van der Waals surface area (Å²) in [6.07, 6.45) is 1.63. The maximum Gasteiger partial charge on any atom is 0.325 e. The van der Waals surface area contributed by atoms with Crippen LogP contribution in [0.4, 0.5) is 0 Å². The van der Waals surface area contributed by atoms with Crippen LogP contribution in [0.2, 0.25) is 0 Å². The highest BCUT2D eigenvalue weighted by Gasteiger charge is 2.34. The van der Waals surface area contributed by atoms with E-state index in [0.717, 1.165) is 11.8 Å². The van der Waals surface area contributed by atoms with Crippen LogP contribution >= 0.6 is 7.60 Å².